The van der Waals surface area contributed by atoms with E-state index in [1.54, 1.807) is 60.7 Å². The minimum absolute atomic E-state index is 0.00573. The van der Waals surface area contributed by atoms with Gasteiger partial charge in [-0.15, -0.1) is 0 Å². The fourth-order valence-corrected chi connectivity index (χ4v) is 3.43. The minimum atomic E-state index is -0.465. The van der Waals surface area contributed by atoms with Crippen LogP contribution in [-0.4, -0.2) is 29.4 Å². The normalized spacial score (nSPS) is 10.7. The third-order valence-electron chi connectivity index (χ3n) is 5.36. The van der Waals surface area contributed by atoms with Gasteiger partial charge >= 0.3 is 0 Å². The van der Waals surface area contributed by atoms with E-state index >= 15 is 0 Å². The first-order valence-corrected chi connectivity index (χ1v) is 12.1. The maximum absolute atomic E-state index is 12.6. The topological polar surface area (TPSA) is 109 Å². The number of nitrogens with one attached hydrogen (secondary N) is 4. The largest absolute Gasteiger partial charge is 0.494 e. The molecule has 9 heteroatoms. The molecule has 0 aliphatic heterocycles. The number of thiocarbonyl (C=S) groups is 1. The molecule has 0 aliphatic carbocycles. The van der Waals surface area contributed by atoms with E-state index in [-0.39, 0.29) is 16.4 Å². The van der Waals surface area contributed by atoms with Gasteiger partial charge in [-0.25, -0.2) is 0 Å². The van der Waals surface area contributed by atoms with E-state index in [9.17, 15) is 14.4 Å². The molecule has 3 aromatic carbocycles. The molecule has 3 rings (SSSR count). The van der Waals surface area contributed by atoms with Crippen LogP contribution in [0, 0.1) is 0 Å². The monoisotopic (exact) mass is 518 g/mol. The van der Waals surface area contributed by atoms with Crippen LogP contribution in [0.2, 0.25) is 0 Å². The molecule has 3 aromatic rings. The van der Waals surface area contributed by atoms with Gasteiger partial charge < -0.3 is 10.1 Å². The van der Waals surface area contributed by atoms with Crippen LogP contribution < -0.4 is 26.2 Å². The molecule has 3 amide bonds. The van der Waals surface area contributed by atoms with Gasteiger partial charge in [0.25, 0.3) is 17.7 Å². The first-order chi connectivity index (χ1) is 17.6. The van der Waals surface area contributed by atoms with Gasteiger partial charge in [0.05, 0.1) is 6.61 Å². The molecule has 0 fully saturated rings. The second-order valence-electron chi connectivity index (χ2n) is 9.18. The Balaban J connectivity index is 1.48. The van der Waals surface area contributed by atoms with Crippen molar-refractivity contribution in [2.75, 3.05) is 11.9 Å². The Hall–Kier alpha value is -4.24. The number of ether oxygens (including phenoxy) is 1. The van der Waals surface area contributed by atoms with Crippen molar-refractivity contribution in [3.05, 3.63) is 95.1 Å². The van der Waals surface area contributed by atoms with E-state index in [0.717, 1.165) is 5.56 Å². The van der Waals surface area contributed by atoms with E-state index in [1.807, 2.05) is 19.1 Å². The highest BCUT2D eigenvalue weighted by Gasteiger charge is 2.15. The number of benzene rings is 3. The number of hydrogen-bond acceptors (Lipinski definition) is 5. The maximum Gasteiger partial charge on any atom is 0.269 e. The van der Waals surface area contributed by atoms with Crippen LogP contribution in [0.3, 0.4) is 0 Å². The van der Waals surface area contributed by atoms with Crippen LogP contribution in [0.25, 0.3) is 0 Å². The van der Waals surface area contributed by atoms with E-state index in [2.05, 4.69) is 42.3 Å². The summed E-state index contributed by atoms with van der Waals surface area (Å²) in [6.45, 7) is 8.75. The molecule has 4 N–H and O–H groups in total. The number of hydrazine groups is 1. The van der Waals surface area contributed by atoms with Gasteiger partial charge in [0.15, 0.2) is 5.11 Å². The SMILES string of the molecule is CCOc1ccc(C(=O)NC(=S)NNC(=O)c2ccc(NC(=O)c3ccc(C(C)(C)C)cc3)cc2)cc1. The number of carbonyl (C=O) groups excluding carboxylic acids is 3. The zero-order valence-corrected chi connectivity index (χ0v) is 22.0. The van der Waals surface area contributed by atoms with Gasteiger partial charge in [-0.2, -0.15) is 0 Å². The van der Waals surface area contributed by atoms with Gasteiger partial charge in [0, 0.05) is 22.4 Å². The van der Waals surface area contributed by atoms with Crippen LogP contribution in [-0.2, 0) is 5.41 Å². The summed E-state index contributed by atoms with van der Waals surface area (Å²) in [5, 5.41) is 5.25. The fraction of sp³-hybridized carbons (Fsp3) is 0.214. The number of anilines is 1. The van der Waals surface area contributed by atoms with E-state index in [4.69, 9.17) is 17.0 Å². The second-order valence-corrected chi connectivity index (χ2v) is 9.59. The zero-order valence-electron chi connectivity index (χ0n) is 21.2. The lowest BCUT2D eigenvalue weighted by Crippen LogP contribution is -2.48. The molecule has 0 aromatic heterocycles. The lowest BCUT2D eigenvalue weighted by atomic mass is 9.87. The third-order valence-corrected chi connectivity index (χ3v) is 5.57. The van der Waals surface area contributed by atoms with Crippen LogP contribution in [0.5, 0.6) is 5.75 Å². The molecule has 0 saturated carbocycles. The standard InChI is InChI=1S/C28H30N4O4S/c1-5-36-23-16-10-19(11-17-23)25(34)30-27(37)32-31-26(35)20-8-14-22(15-9-20)29-24(33)18-6-12-21(13-7-18)28(2,3)4/h6-17H,5H2,1-4H3,(H,29,33)(H,31,35)(H2,30,32,34,37). The predicted molar refractivity (Wildman–Crippen MR) is 148 cm³/mol. The highest BCUT2D eigenvalue weighted by molar-refractivity contribution is 7.80. The zero-order chi connectivity index (χ0) is 27.0. The van der Waals surface area contributed by atoms with Crippen molar-refractivity contribution in [3.8, 4) is 5.75 Å². The van der Waals surface area contributed by atoms with Crippen molar-refractivity contribution in [1.82, 2.24) is 16.2 Å². The second kappa shape index (κ2) is 12.1. The molecule has 0 heterocycles. The van der Waals surface area contributed by atoms with Crippen LogP contribution in [0.15, 0.2) is 72.8 Å². The molecule has 0 unspecified atom stereocenters. The highest BCUT2D eigenvalue weighted by Crippen LogP contribution is 2.22. The van der Waals surface area contributed by atoms with Crippen molar-refractivity contribution in [1.29, 1.82) is 0 Å². The van der Waals surface area contributed by atoms with Crippen molar-refractivity contribution < 1.29 is 19.1 Å². The van der Waals surface area contributed by atoms with Crippen LogP contribution >= 0.6 is 12.2 Å². The first kappa shape index (κ1) is 27.3. The molecule has 37 heavy (non-hydrogen) atoms. The predicted octanol–water partition coefficient (Wildman–Crippen LogP) is 4.58. The minimum Gasteiger partial charge on any atom is -0.494 e. The average Bonchev–Trinajstić information content (AvgIpc) is 2.88. The van der Waals surface area contributed by atoms with Gasteiger partial charge in [-0.05, 0) is 90.8 Å². The van der Waals surface area contributed by atoms with Gasteiger partial charge in [-0.1, -0.05) is 32.9 Å². The van der Waals surface area contributed by atoms with Crippen LogP contribution in [0.1, 0.15) is 64.3 Å². The molecule has 0 spiro atoms. The Bertz CT molecular complexity index is 1270. The Morgan fingerprint density at radius 1 is 0.730 bits per heavy atom. The van der Waals surface area contributed by atoms with Crippen LogP contribution in [0.4, 0.5) is 5.69 Å². The average molecular weight is 519 g/mol. The van der Waals surface area contributed by atoms with Crippen molar-refractivity contribution in [3.63, 3.8) is 0 Å². The molecular weight excluding hydrogens is 488 g/mol. The van der Waals surface area contributed by atoms with Crippen molar-refractivity contribution in [2.45, 2.75) is 33.1 Å². The molecule has 0 saturated heterocycles. The maximum atomic E-state index is 12.6. The molecule has 0 radical (unpaired) electrons. The Labute approximate surface area is 221 Å². The van der Waals surface area contributed by atoms with Gasteiger partial charge in [-0.3, -0.25) is 30.6 Å². The van der Waals surface area contributed by atoms with E-state index < -0.39 is 11.8 Å². The summed E-state index contributed by atoms with van der Waals surface area (Å²) in [6, 6.07) is 20.5. The van der Waals surface area contributed by atoms with Crippen molar-refractivity contribution >= 4 is 40.7 Å². The summed E-state index contributed by atoms with van der Waals surface area (Å²) in [7, 11) is 0. The summed E-state index contributed by atoms with van der Waals surface area (Å²) in [4.78, 5) is 37.3. The highest BCUT2D eigenvalue weighted by atomic mass is 32.1. The van der Waals surface area contributed by atoms with E-state index in [0.29, 0.717) is 34.7 Å². The lowest BCUT2D eigenvalue weighted by Gasteiger charge is -2.19. The molecule has 192 valence electrons. The van der Waals surface area contributed by atoms with Gasteiger partial charge in [0.1, 0.15) is 5.75 Å². The summed E-state index contributed by atoms with van der Waals surface area (Å²) in [5.74, 6) is -0.475. The Kier molecular flexibility index (Phi) is 8.97. The summed E-state index contributed by atoms with van der Waals surface area (Å²) in [6.07, 6.45) is 0. The quantitative estimate of drug-likeness (QED) is 0.281. The number of amides is 3. The molecular formula is C28H30N4O4S. The third kappa shape index (κ3) is 7.88. The molecule has 0 aliphatic rings. The molecule has 0 bridgehead atoms. The fourth-order valence-electron chi connectivity index (χ4n) is 3.29. The number of hydrogen-bond donors (Lipinski definition) is 4. The smallest absolute Gasteiger partial charge is 0.269 e. The summed E-state index contributed by atoms with van der Waals surface area (Å²) >= 11 is 5.08. The summed E-state index contributed by atoms with van der Waals surface area (Å²) in [5.41, 5.74) is 7.90. The summed E-state index contributed by atoms with van der Waals surface area (Å²) < 4.78 is 5.35. The lowest BCUT2D eigenvalue weighted by molar-refractivity contribution is 0.0934. The number of rotatable bonds is 6. The Morgan fingerprint density at radius 2 is 1.24 bits per heavy atom. The first-order valence-electron chi connectivity index (χ1n) is 11.7. The molecule has 0 atom stereocenters. The van der Waals surface area contributed by atoms with E-state index in [1.165, 1.54) is 0 Å². The Morgan fingerprint density at radius 3 is 1.81 bits per heavy atom. The van der Waals surface area contributed by atoms with Gasteiger partial charge in [0.2, 0.25) is 0 Å². The number of carbonyl (C=O) groups is 3. The van der Waals surface area contributed by atoms with Crippen molar-refractivity contribution in [2.24, 2.45) is 0 Å². The molecule has 8 nitrogen and oxygen atoms in total.